The van der Waals surface area contributed by atoms with E-state index in [9.17, 15) is 4.79 Å². The van der Waals surface area contributed by atoms with Gasteiger partial charge in [0.15, 0.2) is 0 Å². The monoisotopic (exact) mass is 219 g/mol. The van der Waals surface area contributed by atoms with Crippen LogP contribution in [0.4, 0.5) is 0 Å². The molecule has 2 heterocycles. The molecule has 0 spiro atoms. The first-order valence-corrected chi connectivity index (χ1v) is 5.00. The lowest BCUT2D eigenvalue weighted by Crippen LogP contribution is -2.15. The van der Waals surface area contributed by atoms with Gasteiger partial charge < -0.3 is 10.8 Å². The molecule has 1 atom stereocenters. The highest BCUT2D eigenvalue weighted by Crippen LogP contribution is 2.17. The minimum absolute atomic E-state index is 0.108. The van der Waals surface area contributed by atoms with E-state index in [-0.39, 0.29) is 6.42 Å². The summed E-state index contributed by atoms with van der Waals surface area (Å²) in [5.41, 5.74) is 8.40. The van der Waals surface area contributed by atoms with Gasteiger partial charge in [-0.15, -0.1) is 0 Å². The van der Waals surface area contributed by atoms with Gasteiger partial charge in [0, 0.05) is 6.20 Å². The Morgan fingerprint density at radius 3 is 3.06 bits per heavy atom. The summed E-state index contributed by atoms with van der Waals surface area (Å²) in [6, 6.07) is 5.14. The summed E-state index contributed by atoms with van der Waals surface area (Å²) < 4.78 is 1.71. The van der Waals surface area contributed by atoms with Gasteiger partial charge in [0.1, 0.15) is 0 Å². The van der Waals surface area contributed by atoms with Crippen molar-refractivity contribution in [1.29, 1.82) is 0 Å². The topological polar surface area (TPSA) is 80.6 Å². The van der Waals surface area contributed by atoms with Crippen LogP contribution >= 0.6 is 0 Å². The van der Waals surface area contributed by atoms with Crippen LogP contribution in [0.2, 0.25) is 0 Å². The molecule has 0 aliphatic heterocycles. The van der Waals surface area contributed by atoms with Gasteiger partial charge in [0.05, 0.1) is 23.7 Å². The maximum Gasteiger partial charge on any atom is 0.305 e. The van der Waals surface area contributed by atoms with Crippen molar-refractivity contribution >= 4 is 11.5 Å². The van der Waals surface area contributed by atoms with E-state index in [1.54, 1.807) is 4.52 Å². The van der Waals surface area contributed by atoms with E-state index >= 15 is 0 Å². The molecule has 2 rings (SSSR count). The molecule has 84 valence electrons. The third-order valence-corrected chi connectivity index (χ3v) is 2.51. The Morgan fingerprint density at radius 2 is 2.44 bits per heavy atom. The summed E-state index contributed by atoms with van der Waals surface area (Å²) in [7, 11) is 0. The molecule has 0 saturated heterocycles. The first kappa shape index (κ1) is 10.6. The number of nitrogens with zero attached hydrogens (tertiary/aromatic N) is 2. The number of rotatable bonds is 3. The van der Waals surface area contributed by atoms with Crippen LogP contribution in [0.15, 0.2) is 24.4 Å². The zero-order chi connectivity index (χ0) is 11.7. The maximum absolute atomic E-state index is 10.6. The molecule has 0 aliphatic carbocycles. The number of carboxylic acids is 1. The highest BCUT2D eigenvalue weighted by atomic mass is 16.4. The zero-order valence-electron chi connectivity index (χ0n) is 8.92. The summed E-state index contributed by atoms with van der Waals surface area (Å²) in [6.07, 6.45) is 1.71. The second kappa shape index (κ2) is 3.94. The number of carboxylic acid groups (broad SMARTS) is 1. The van der Waals surface area contributed by atoms with Gasteiger partial charge in [-0.3, -0.25) is 4.79 Å². The normalized spacial score (nSPS) is 12.9. The summed E-state index contributed by atoms with van der Waals surface area (Å²) in [4.78, 5) is 10.6. The van der Waals surface area contributed by atoms with Crippen molar-refractivity contribution < 1.29 is 9.90 Å². The average Bonchev–Trinajstić information content (AvgIpc) is 2.61. The Labute approximate surface area is 92.5 Å². The van der Waals surface area contributed by atoms with E-state index in [4.69, 9.17) is 10.8 Å². The van der Waals surface area contributed by atoms with E-state index < -0.39 is 12.0 Å². The fraction of sp³-hybridized carbons (Fsp3) is 0.273. The van der Waals surface area contributed by atoms with Gasteiger partial charge >= 0.3 is 5.97 Å². The molecule has 2 aromatic rings. The molecule has 0 aromatic carbocycles. The minimum atomic E-state index is -0.915. The van der Waals surface area contributed by atoms with Crippen molar-refractivity contribution in [1.82, 2.24) is 9.61 Å². The van der Waals surface area contributed by atoms with Crippen LogP contribution in [0.5, 0.6) is 0 Å². The predicted molar refractivity (Wildman–Crippen MR) is 59.1 cm³/mol. The summed E-state index contributed by atoms with van der Waals surface area (Å²) in [6.45, 7) is 1.98. The third kappa shape index (κ3) is 1.90. The number of hydrogen-bond acceptors (Lipinski definition) is 3. The van der Waals surface area contributed by atoms with E-state index in [2.05, 4.69) is 5.10 Å². The summed E-state index contributed by atoms with van der Waals surface area (Å²) in [5.74, 6) is -0.915. The molecule has 0 fully saturated rings. The Morgan fingerprint density at radius 1 is 1.69 bits per heavy atom. The Hall–Kier alpha value is -1.88. The van der Waals surface area contributed by atoms with Crippen LogP contribution in [0.3, 0.4) is 0 Å². The maximum atomic E-state index is 10.6. The highest BCUT2D eigenvalue weighted by molar-refractivity contribution is 5.68. The molecule has 0 radical (unpaired) electrons. The summed E-state index contributed by atoms with van der Waals surface area (Å²) in [5, 5.41) is 12.9. The molecular formula is C11H13N3O2. The lowest BCUT2D eigenvalue weighted by Gasteiger charge is -2.03. The predicted octanol–water partition coefficient (Wildman–Crippen LogP) is 1.12. The van der Waals surface area contributed by atoms with E-state index in [0.717, 1.165) is 11.1 Å². The first-order chi connectivity index (χ1) is 7.58. The smallest absolute Gasteiger partial charge is 0.305 e. The molecule has 0 saturated carbocycles. The highest BCUT2D eigenvalue weighted by Gasteiger charge is 2.14. The fourth-order valence-electron chi connectivity index (χ4n) is 1.65. The molecular weight excluding hydrogens is 206 g/mol. The van der Waals surface area contributed by atoms with Crippen molar-refractivity contribution in [3.05, 3.63) is 35.7 Å². The van der Waals surface area contributed by atoms with Gasteiger partial charge in [-0.1, -0.05) is 6.07 Å². The van der Waals surface area contributed by atoms with Crippen molar-refractivity contribution in [2.45, 2.75) is 19.4 Å². The molecule has 5 nitrogen and oxygen atoms in total. The molecule has 0 amide bonds. The third-order valence-electron chi connectivity index (χ3n) is 2.51. The number of nitrogens with two attached hydrogens (primary N) is 1. The molecule has 3 N–H and O–H groups in total. The van der Waals surface area contributed by atoms with Crippen LogP contribution in [-0.2, 0) is 4.79 Å². The van der Waals surface area contributed by atoms with Crippen LogP contribution in [0.25, 0.3) is 5.52 Å². The fourth-order valence-corrected chi connectivity index (χ4v) is 1.65. The largest absolute Gasteiger partial charge is 0.481 e. The van der Waals surface area contributed by atoms with Crippen molar-refractivity contribution in [3.8, 4) is 0 Å². The van der Waals surface area contributed by atoms with Crippen molar-refractivity contribution in [3.63, 3.8) is 0 Å². The number of hydrogen-bond donors (Lipinski definition) is 2. The lowest BCUT2D eigenvalue weighted by molar-refractivity contribution is -0.137. The van der Waals surface area contributed by atoms with Crippen LogP contribution in [-0.4, -0.2) is 20.7 Å². The van der Waals surface area contributed by atoms with Gasteiger partial charge in [-0.25, -0.2) is 4.52 Å². The van der Waals surface area contributed by atoms with E-state index in [0.29, 0.717) is 5.69 Å². The number of aliphatic carboxylic acids is 1. The van der Waals surface area contributed by atoms with Crippen LogP contribution in [0, 0.1) is 6.92 Å². The second-order valence-electron chi connectivity index (χ2n) is 3.79. The van der Waals surface area contributed by atoms with Gasteiger partial charge in [-0.05, 0) is 24.6 Å². The molecule has 5 heteroatoms. The minimum Gasteiger partial charge on any atom is -0.481 e. The SMILES string of the molecule is Cc1cccn2nc(C(N)CC(=O)O)cc12. The van der Waals surface area contributed by atoms with Crippen LogP contribution in [0.1, 0.15) is 23.7 Å². The molecule has 0 aliphatic rings. The molecule has 1 unspecified atom stereocenters. The molecule has 0 bridgehead atoms. The van der Waals surface area contributed by atoms with Gasteiger partial charge in [-0.2, -0.15) is 5.10 Å². The summed E-state index contributed by atoms with van der Waals surface area (Å²) >= 11 is 0. The second-order valence-corrected chi connectivity index (χ2v) is 3.79. The Balaban J connectivity index is 2.39. The van der Waals surface area contributed by atoms with E-state index in [1.807, 2.05) is 31.3 Å². The number of aromatic nitrogens is 2. The lowest BCUT2D eigenvalue weighted by atomic mass is 10.1. The van der Waals surface area contributed by atoms with Crippen LogP contribution < -0.4 is 5.73 Å². The average molecular weight is 219 g/mol. The molecule has 2 aromatic heterocycles. The number of aryl methyl sites for hydroxylation is 1. The number of fused-ring (bicyclic) bond motifs is 1. The number of carbonyl (C=O) groups is 1. The first-order valence-electron chi connectivity index (χ1n) is 5.00. The van der Waals surface area contributed by atoms with Gasteiger partial charge in [0.2, 0.25) is 0 Å². The number of pyridine rings is 1. The zero-order valence-corrected chi connectivity index (χ0v) is 8.92. The standard InChI is InChI=1S/C11H13N3O2/c1-7-3-2-4-14-10(7)6-9(13-14)8(12)5-11(15)16/h2-4,6,8H,5,12H2,1H3,(H,15,16). The molecule has 16 heavy (non-hydrogen) atoms. The van der Waals surface area contributed by atoms with Gasteiger partial charge in [0.25, 0.3) is 0 Å². The van der Waals surface area contributed by atoms with Crippen molar-refractivity contribution in [2.75, 3.05) is 0 Å². The van der Waals surface area contributed by atoms with Crippen molar-refractivity contribution in [2.24, 2.45) is 5.73 Å². The quantitative estimate of drug-likeness (QED) is 0.810. The van der Waals surface area contributed by atoms with E-state index in [1.165, 1.54) is 0 Å². The Bertz CT molecular complexity index is 533. The Kier molecular flexibility index (Phi) is 2.62.